The van der Waals surface area contributed by atoms with Crippen molar-refractivity contribution in [3.63, 3.8) is 0 Å². The van der Waals surface area contributed by atoms with Crippen LogP contribution in [0.1, 0.15) is 0 Å². The number of nitrogens with zero attached hydrogens (tertiary/aromatic N) is 5. The molecule has 10 nitrogen and oxygen atoms in total. The number of ether oxygens (including phenoxy) is 1. The number of nitro benzene ring substituents is 1. The number of sulfonamides is 1. The number of hydrogen-bond acceptors (Lipinski definition) is 8. The van der Waals surface area contributed by atoms with Crippen molar-refractivity contribution < 1.29 is 18.1 Å². The maximum atomic E-state index is 13.3. The van der Waals surface area contributed by atoms with Gasteiger partial charge in [0.1, 0.15) is 10.7 Å². The molecule has 0 bridgehead atoms. The highest BCUT2D eigenvalue weighted by Crippen LogP contribution is 2.33. The highest BCUT2D eigenvalue weighted by molar-refractivity contribution is 7.89. The Morgan fingerprint density at radius 2 is 1.68 bits per heavy atom. The summed E-state index contributed by atoms with van der Waals surface area (Å²) in [5, 5.41) is 11.9. The van der Waals surface area contributed by atoms with Crippen molar-refractivity contribution in [2.45, 2.75) is 4.90 Å². The van der Waals surface area contributed by atoms with Gasteiger partial charge in [0.05, 0.1) is 28.8 Å². The first-order chi connectivity index (χ1) is 14.9. The minimum Gasteiger partial charge on any atom is -0.379 e. The number of anilines is 2. The summed E-state index contributed by atoms with van der Waals surface area (Å²) < 4.78 is 33.2. The number of non-ortho nitro benzene ring substituents is 1. The zero-order valence-corrected chi connectivity index (χ0v) is 18.3. The summed E-state index contributed by atoms with van der Waals surface area (Å²) in [5.74, 6) is 0.800. The Bertz CT molecular complexity index is 1050. The Morgan fingerprint density at radius 3 is 2.29 bits per heavy atom. The summed E-state index contributed by atoms with van der Waals surface area (Å²) in [6.07, 6.45) is 1.59. The van der Waals surface area contributed by atoms with E-state index in [0.29, 0.717) is 50.1 Å². The molecule has 31 heavy (non-hydrogen) atoms. The second-order valence-electron chi connectivity index (χ2n) is 7.23. The first-order valence-corrected chi connectivity index (χ1v) is 11.7. The summed E-state index contributed by atoms with van der Waals surface area (Å²) in [5.41, 5.74) is 0.223. The van der Waals surface area contributed by atoms with Gasteiger partial charge in [-0.15, -0.1) is 0 Å². The zero-order valence-electron chi connectivity index (χ0n) is 16.7. The maximum absolute atomic E-state index is 13.3. The van der Waals surface area contributed by atoms with Gasteiger partial charge < -0.3 is 14.5 Å². The van der Waals surface area contributed by atoms with Gasteiger partial charge in [0.15, 0.2) is 0 Å². The molecule has 0 amide bonds. The lowest BCUT2D eigenvalue weighted by molar-refractivity contribution is -0.385. The molecule has 0 spiro atoms. The highest BCUT2D eigenvalue weighted by Gasteiger charge is 2.32. The average molecular weight is 468 g/mol. The number of benzene rings is 1. The van der Waals surface area contributed by atoms with E-state index in [-0.39, 0.29) is 23.7 Å². The standard InChI is InChI=1S/C19H22ClN5O5S/c20-15-1-4-19(21-14-15)23-7-5-22(6-8-23)17-3-2-16(25(26)27)13-18(17)31(28,29)24-9-11-30-12-10-24/h1-4,13-14H,5-12H2. The maximum Gasteiger partial charge on any atom is 0.270 e. The highest BCUT2D eigenvalue weighted by atomic mass is 35.5. The van der Waals surface area contributed by atoms with E-state index in [1.165, 1.54) is 16.4 Å². The van der Waals surface area contributed by atoms with Crippen LogP contribution in [0.15, 0.2) is 41.4 Å². The van der Waals surface area contributed by atoms with Crippen LogP contribution < -0.4 is 9.80 Å². The van der Waals surface area contributed by atoms with Crippen LogP contribution in [-0.4, -0.2) is 75.1 Å². The molecule has 12 heteroatoms. The third-order valence-corrected chi connectivity index (χ3v) is 7.55. The number of piperazine rings is 1. The Labute approximate surface area is 185 Å². The van der Waals surface area contributed by atoms with Crippen molar-refractivity contribution >= 4 is 38.8 Å². The van der Waals surface area contributed by atoms with Crippen LogP contribution >= 0.6 is 11.6 Å². The molecule has 0 radical (unpaired) electrons. The molecular formula is C19H22ClN5O5S. The Morgan fingerprint density at radius 1 is 1.00 bits per heavy atom. The van der Waals surface area contributed by atoms with E-state index in [0.717, 1.165) is 11.9 Å². The van der Waals surface area contributed by atoms with Crippen molar-refractivity contribution in [3.8, 4) is 0 Å². The fourth-order valence-corrected chi connectivity index (χ4v) is 5.49. The van der Waals surface area contributed by atoms with Crippen LogP contribution in [0.2, 0.25) is 5.02 Å². The van der Waals surface area contributed by atoms with E-state index in [4.69, 9.17) is 16.3 Å². The van der Waals surface area contributed by atoms with Gasteiger partial charge in [-0.05, 0) is 18.2 Å². The predicted molar refractivity (Wildman–Crippen MR) is 116 cm³/mol. The minimum absolute atomic E-state index is 0.0401. The summed E-state index contributed by atoms with van der Waals surface area (Å²) in [6, 6.07) is 7.66. The van der Waals surface area contributed by atoms with E-state index >= 15 is 0 Å². The van der Waals surface area contributed by atoms with E-state index < -0.39 is 14.9 Å². The van der Waals surface area contributed by atoms with Crippen LogP contribution in [0.25, 0.3) is 0 Å². The number of pyridine rings is 1. The topological polar surface area (TPSA) is 109 Å². The lowest BCUT2D eigenvalue weighted by atomic mass is 10.2. The molecule has 2 aliphatic rings. The third-order valence-electron chi connectivity index (χ3n) is 5.40. The number of aromatic nitrogens is 1. The van der Waals surface area contributed by atoms with Crippen molar-refractivity contribution in [3.05, 3.63) is 51.7 Å². The molecule has 0 saturated carbocycles. The third kappa shape index (κ3) is 4.59. The van der Waals surface area contributed by atoms with Crippen LogP contribution in [0.5, 0.6) is 0 Å². The van der Waals surface area contributed by atoms with Gasteiger partial charge in [-0.2, -0.15) is 4.31 Å². The molecule has 166 valence electrons. The average Bonchev–Trinajstić information content (AvgIpc) is 2.80. The van der Waals surface area contributed by atoms with Crippen molar-refractivity contribution in [2.75, 3.05) is 62.3 Å². The SMILES string of the molecule is O=[N+]([O-])c1ccc(N2CCN(c3ccc(Cl)cn3)CC2)c(S(=O)(=O)N2CCOCC2)c1. The van der Waals surface area contributed by atoms with E-state index in [2.05, 4.69) is 9.88 Å². The summed E-state index contributed by atoms with van der Waals surface area (Å²) in [6.45, 7) is 3.40. The first-order valence-electron chi connectivity index (χ1n) is 9.84. The molecular weight excluding hydrogens is 446 g/mol. The molecule has 2 saturated heterocycles. The molecule has 2 aromatic rings. The Kier molecular flexibility index (Phi) is 6.28. The molecule has 2 aliphatic heterocycles. The van der Waals surface area contributed by atoms with Gasteiger partial charge in [0.25, 0.3) is 5.69 Å². The lowest BCUT2D eigenvalue weighted by Gasteiger charge is -2.38. The molecule has 1 aromatic carbocycles. The Balaban J connectivity index is 1.61. The molecule has 2 fully saturated rings. The number of morpholine rings is 1. The number of nitro groups is 1. The van der Waals surface area contributed by atoms with Crippen molar-refractivity contribution in [2.24, 2.45) is 0 Å². The smallest absolute Gasteiger partial charge is 0.270 e. The van der Waals surface area contributed by atoms with E-state index in [1.807, 2.05) is 11.0 Å². The van der Waals surface area contributed by atoms with Crippen LogP contribution in [0, 0.1) is 10.1 Å². The van der Waals surface area contributed by atoms with E-state index in [9.17, 15) is 18.5 Å². The zero-order chi connectivity index (χ0) is 22.0. The van der Waals surface area contributed by atoms with Crippen LogP contribution in [-0.2, 0) is 14.8 Å². The van der Waals surface area contributed by atoms with Gasteiger partial charge in [-0.3, -0.25) is 10.1 Å². The normalized spacial score (nSPS) is 18.2. The molecule has 0 aliphatic carbocycles. The number of rotatable bonds is 5. The first kappa shape index (κ1) is 21.8. The molecule has 0 unspecified atom stereocenters. The second kappa shape index (κ2) is 8.95. The van der Waals surface area contributed by atoms with Crippen molar-refractivity contribution in [1.29, 1.82) is 0 Å². The molecule has 0 atom stereocenters. The van der Waals surface area contributed by atoms with Crippen LogP contribution in [0.4, 0.5) is 17.2 Å². The lowest BCUT2D eigenvalue weighted by Crippen LogP contribution is -2.47. The van der Waals surface area contributed by atoms with Crippen molar-refractivity contribution in [1.82, 2.24) is 9.29 Å². The fourth-order valence-electron chi connectivity index (χ4n) is 3.74. The fraction of sp³-hybridized carbons (Fsp3) is 0.421. The molecule has 3 heterocycles. The molecule has 4 rings (SSSR count). The van der Waals surface area contributed by atoms with E-state index in [1.54, 1.807) is 12.3 Å². The Hall–Kier alpha value is -2.47. The van der Waals surface area contributed by atoms with Gasteiger partial charge >= 0.3 is 0 Å². The molecule has 0 N–H and O–H groups in total. The summed E-state index contributed by atoms with van der Waals surface area (Å²) in [4.78, 5) is 19.1. The van der Waals surface area contributed by atoms with Gasteiger partial charge in [-0.25, -0.2) is 13.4 Å². The summed E-state index contributed by atoms with van der Waals surface area (Å²) >= 11 is 5.91. The van der Waals surface area contributed by atoms with Gasteiger partial charge in [0.2, 0.25) is 10.0 Å². The van der Waals surface area contributed by atoms with Crippen LogP contribution in [0.3, 0.4) is 0 Å². The number of hydrogen-bond donors (Lipinski definition) is 0. The predicted octanol–water partition coefficient (Wildman–Crippen LogP) is 1.99. The summed E-state index contributed by atoms with van der Waals surface area (Å²) in [7, 11) is -3.90. The minimum atomic E-state index is -3.90. The van der Waals surface area contributed by atoms with Gasteiger partial charge in [0, 0.05) is 57.6 Å². The number of halogens is 1. The largest absolute Gasteiger partial charge is 0.379 e. The monoisotopic (exact) mass is 467 g/mol. The quantitative estimate of drug-likeness (QED) is 0.485. The molecule has 1 aromatic heterocycles. The second-order valence-corrected chi connectivity index (χ2v) is 9.58. The van der Waals surface area contributed by atoms with Gasteiger partial charge in [-0.1, -0.05) is 11.6 Å².